The van der Waals surface area contributed by atoms with Gasteiger partial charge in [0.1, 0.15) is 16.4 Å². The van der Waals surface area contributed by atoms with E-state index in [9.17, 15) is 8.42 Å². The standard InChI is InChI=1S/C13H24N2O3S2/c1-6-14-8-12-7-13(11(3)18-12)20(16,17)15(4)10(2)9-19-5/h7,10,14H,6,8-9H2,1-5H3. The van der Waals surface area contributed by atoms with Crippen molar-refractivity contribution in [1.29, 1.82) is 0 Å². The molecule has 7 heteroatoms. The Balaban J connectivity index is 3.00. The molecule has 0 spiro atoms. The van der Waals surface area contributed by atoms with Crippen molar-refractivity contribution < 1.29 is 12.8 Å². The number of aryl methyl sites for hydroxylation is 1. The van der Waals surface area contributed by atoms with Crippen molar-refractivity contribution in [3.05, 3.63) is 17.6 Å². The summed E-state index contributed by atoms with van der Waals surface area (Å²) in [6.45, 7) is 6.94. The molecule has 0 amide bonds. The maximum absolute atomic E-state index is 12.6. The van der Waals surface area contributed by atoms with E-state index in [1.165, 1.54) is 4.31 Å². The summed E-state index contributed by atoms with van der Waals surface area (Å²) in [6.07, 6.45) is 1.97. The highest BCUT2D eigenvalue weighted by Gasteiger charge is 2.29. The molecule has 1 unspecified atom stereocenters. The summed E-state index contributed by atoms with van der Waals surface area (Å²) >= 11 is 1.63. The van der Waals surface area contributed by atoms with Gasteiger partial charge in [-0.25, -0.2) is 8.42 Å². The maximum Gasteiger partial charge on any atom is 0.246 e. The van der Waals surface area contributed by atoms with Crippen LogP contribution >= 0.6 is 11.8 Å². The van der Waals surface area contributed by atoms with Crippen molar-refractivity contribution in [3.8, 4) is 0 Å². The van der Waals surface area contributed by atoms with E-state index < -0.39 is 10.0 Å². The molecule has 0 aliphatic carbocycles. The minimum atomic E-state index is -3.50. The van der Waals surface area contributed by atoms with Gasteiger partial charge in [0.2, 0.25) is 10.0 Å². The zero-order valence-electron chi connectivity index (χ0n) is 12.8. The Morgan fingerprint density at radius 3 is 2.70 bits per heavy atom. The van der Waals surface area contributed by atoms with Crippen LogP contribution in [-0.2, 0) is 16.6 Å². The Labute approximate surface area is 126 Å². The molecule has 116 valence electrons. The SMILES string of the molecule is CCNCc1cc(S(=O)(=O)N(C)C(C)CSC)c(C)o1. The first kappa shape index (κ1) is 17.6. The van der Waals surface area contributed by atoms with E-state index in [2.05, 4.69) is 5.32 Å². The fraction of sp³-hybridized carbons (Fsp3) is 0.692. The van der Waals surface area contributed by atoms with E-state index in [1.54, 1.807) is 31.8 Å². The lowest BCUT2D eigenvalue weighted by molar-refractivity contribution is 0.412. The van der Waals surface area contributed by atoms with Gasteiger partial charge in [0.15, 0.2) is 0 Å². The second-order valence-corrected chi connectivity index (χ2v) is 7.62. The minimum absolute atomic E-state index is 0.0542. The monoisotopic (exact) mass is 320 g/mol. The van der Waals surface area contributed by atoms with E-state index in [0.29, 0.717) is 18.1 Å². The van der Waals surface area contributed by atoms with Gasteiger partial charge in [0.25, 0.3) is 0 Å². The minimum Gasteiger partial charge on any atom is -0.464 e. The molecule has 0 radical (unpaired) electrons. The summed E-state index contributed by atoms with van der Waals surface area (Å²) < 4.78 is 32.1. The van der Waals surface area contributed by atoms with Crippen LogP contribution < -0.4 is 5.32 Å². The van der Waals surface area contributed by atoms with Gasteiger partial charge in [-0.3, -0.25) is 0 Å². The topological polar surface area (TPSA) is 62.6 Å². The number of thioether (sulfide) groups is 1. The normalized spacial score (nSPS) is 13.9. The van der Waals surface area contributed by atoms with Crippen LogP contribution in [0.5, 0.6) is 0 Å². The quantitative estimate of drug-likeness (QED) is 0.794. The second kappa shape index (κ2) is 7.49. The largest absolute Gasteiger partial charge is 0.464 e. The molecule has 0 aliphatic heterocycles. The van der Waals surface area contributed by atoms with E-state index >= 15 is 0 Å². The van der Waals surface area contributed by atoms with E-state index in [1.807, 2.05) is 20.1 Å². The molecule has 1 aromatic rings. The van der Waals surface area contributed by atoms with Crippen LogP contribution in [0.4, 0.5) is 0 Å². The lowest BCUT2D eigenvalue weighted by Gasteiger charge is -2.23. The van der Waals surface area contributed by atoms with Crippen LogP contribution in [0.3, 0.4) is 0 Å². The molecule has 0 aromatic carbocycles. The van der Waals surface area contributed by atoms with Crippen molar-refractivity contribution in [2.24, 2.45) is 0 Å². The van der Waals surface area contributed by atoms with Gasteiger partial charge >= 0.3 is 0 Å². The number of sulfonamides is 1. The first-order chi connectivity index (χ1) is 9.34. The molecule has 0 bridgehead atoms. The number of nitrogens with zero attached hydrogens (tertiary/aromatic N) is 1. The Morgan fingerprint density at radius 2 is 2.15 bits per heavy atom. The zero-order valence-corrected chi connectivity index (χ0v) is 14.4. The number of hydrogen-bond donors (Lipinski definition) is 1. The molecule has 0 fully saturated rings. The molecule has 0 saturated heterocycles. The average molecular weight is 320 g/mol. The summed E-state index contributed by atoms with van der Waals surface area (Å²) in [5.74, 6) is 1.85. The molecule has 1 rings (SSSR count). The molecule has 1 aromatic heterocycles. The molecular formula is C13H24N2O3S2. The molecule has 0 aliphatic rings. The van der Waals surface area contributed by atoms with Crippen LogP contribution in [0.15, 0.2) is 15.4 Å². The van der Waals surface area contributed by atoms with E-state index in [4.69, 9.17) is 4.42 Å². The van der Waals surface area contributed by atoms with Crippen molar-refractivity contribution in [1.82, 2.24) is 9.62 Å². The molecular weight excluding hydrogens is 296 g/mol. The molecule has 1 N–H and O–H groups in total. The highest BCUT2D eigenvalue weighted by molar-refractivity contribution is 7.98. The smallest absolute Gasteiger partial charge is 0.246 e. The van der Waals surface area contributed by atoms with Crippen molar-refractivity contribution in [2.75, 3.05) is 25.6 Å². The second-order valence-electron chi connectivity index (χ2n) is 4.74. The van der Waals surface area contributed by atoms with Gasteiger partial charge < -0.3 is 9.73 Å². The molecule has 5 nitrogen and oxygen atoms in total. The number of nitrogens with one attached hydrogen (secondary N) is 1. The molecule has 1 atom stereocenters. The Kier molecular flexibility index (Phi) is 6.57. The summed E-state index contributed by atoms with van der Waals surface area (Å²) in [6, 6.07) is 1.57. The number of hydrogen-bond acceptors (Lipinski definition) is 5. The number of furan rings is 1. The predicted molar refractivity (Wildman–Crippen MR) is 83.6 cm³/mol. The van der Waals surface area contributed by atoms with E-state index in [-0.39, 0.29) is 10.9 Å². The fourth-order valence-electron chi connectivity index (χ4n) is 1.85. The van der Waals surface area contributed by atoms with Crippen LogP contribution in [0.2, 0.25) is 0 Å². The summed E-state index contributed by atoms with van der Waals surface area (Å²) in [5.41, 5.74) is 0. The van der Waals surface area contributed by atoms with Crippen LogP contribution in [-0.4, -0.2) is 44.4 Å². The van der Waals surface area contributed by atoms with Gasteiger partial charge in [-0.1, -0.05) is 6.92 Å². The average Bonchev–Trinajstić information content (AvgIpc) is 2.77. The van der Waals surface area contributed by atoms with Gasteiger partial charge in [-0.2, -0.15) is 16.1 Å². The van der Waals surface area contributed by atoms with Crippen molar-refractivity contribution >= 4 is 21.8 Å². The third kappa shape index (κ3) is 4.00. The van der Waals surface area contributed by atoms with Gasteiger partial charge in [0.05, 0.1) is 6.54 Å². The lowest BCUT2D eigenvalue weighted by atomic mass is 10.4. The van der Waals surface area contributed by atoms with Crippen LogP contribution in [0.25, 0.3) is 0 Å². The Bertz CT molecular complexity index is 526. The van der Waals surface area contributed by atoms with Crippen molar-refractivity contribution in [2.45, 2.75) is 38.3 Å². The van der Waals surface area contributed by atoms with Gasteiger partial charge in [-0.15, -0.1) is 0 Å². The van der Waals surface area contributed by atoms with Gasteiger partial charge in [-0.05, 0) is 26.6 Å². The lowest BCUT2D eigenvalue weighted by Crippen LogP contribution is -2.36. The maximum atomic E-state index is 12.6. The van der Waals surface area contributed by atoms with Gasteiger partial charge in [0, 0.05) is 24.9 Å². The molecule has 20 heavy (non-hydrogen) atoms. The van der Waals surface area contributed by atoms with E-state index in [0.717, 1.165) is 12.3 Å². The van der Waals surface area contributed by atoms with Crippen LogP contribution in [0, 0.1) is 6.92 Å². The fourth-order valence-corrected chi connectivity index (χ4v) is 4.20. The Morgan fingerprint density at radius 1 is 1.50 bits per heavy atom. The summed E-state index contributed by atoms with van der Waals surface area (Å²) in [7, 11) is -1.88. The summed E-state index contributed by atoms with van der Waals surface area (Å²) in [5, 5.41) is 3.12. The van der Waals surface area contributed by atoms with Crippen LogP contribution in [0.1, 0.15) is 25.4 Å². The molecule has 0 saturated carbocycles. The highest BCUT2D eigenvalue weighted by atomic mass is 32.2. The zero-order chi connectivity index (χ0) is 15.3. The summed E-state index contributed by atoms with van der Waals surface area (Å²) in [4.78, 5) is 0.265. The first-order valence-corrected chi connectivity index (χ1v) is 9.45. The van der Waals surface area contributed by atoms with Crippen molar-refractivity contribution in [3.63, 3.8) is 0 Å². The third-order valence-electron chi connectivity index (χ3n) is 3.16. The highest BCUT2D eigenvalue weighted by Crippen LogP contribution is 2.24. The molecule has 1 heterocycles. The Hall–Kier alpha value is -0.500. The first-order valence-electron chi connectivity index (χ1n) is 6.61. The third-order valence-corrected chi connectivity index (χ3v) is 6.05. The number of rotatable bonds is 8. The predicted octanol–water partition coefficient (Wildman–Crippen LogP) is 2.07.